The van der Waals surface area contributed by atoms with Crippen LogP contribution < -0.4 is 16.4 Å². The molecule has 2 rings (SSSR count). The molecule has 0 radical (unpaired) electrons. The van der Waals surface area contributed by atoms with Crippen molar-refractivity contribution in [3.8, 4) is 0 Å². The van der Waals surface area contributed by atoms with E-state index in [1.165, 1.54) is 6.33 Å². The number of rotatable bonds is 6. The van der Waals surface area contributed by atoms with E-state index in [-0.39, 0.29) is 0 Å². The molecule has 0 aliphatic rings. The van der Waals surface area contributed by atoms with Gasteiger partial charge in [0, 0.05) is 17.3 Å². The van der Waals surface area contributed by atoms with Crippen molar-refractivity contribution in [1.29, 1.82) is 0 Å². The summed E-state index contributed by atoms with van der Waals surface area (Å²) in [5, 5.41) is 7.09. The normalized spacial score (nSPS) is 10.7. The predicted octanol–water partition coefficient (Wildman–Crippen LogP) is 3.91. The van der Waals surface area contributed by atoms with Crippen LogP contribution in [0.3, 0.4) is 0 Å². The topological polar surface area (TPSA) is 75.9 Å². The lowest BCUT2D eigenvalue weighted by molar-refractivity contribution is 0.606. The van der Waals surface area contributed by atoms with Crippen molar-refractivity contribution in [3.63, 3.8) is 0 Å². The molecule has 0 unspecified atom stereocenters. The van der Waals surface area contributed by atoms with E-state index in [2.05, 4.69) is 34.4 Å². The minimum Gasteiger partial charge on any atom is -0.393 e. The molecule has 6 heteroatoms. The number of benzene rings is 1. The molecule has 5 nitrogen and oxygen atoms in total. The Morgan fingerprint density at radius 3 is 2.48 bits per heavy atom. The van der Waals surface area contributed by atoms with Crippen molar-refractivity contribution in [2.45, 2.75) is 20.3 Å². The van der Waals surface area contributed by atoms with Crippen molar-refractivity contribution in [2.24, 2.45) is 5.92 Å². The maximum absolute atomic E-state index is 6.10. The molecule has 112 valence electrons. The summed E-state index contributed by atoms with van der Waals surface area (Å²) < 4.78 is 0. The molecule has 0 bridgehead atoms. The highest BCUT2D eigenvalue weighted by Crippen LogP contribution is 2.26. The fourth-order valence-electron chi connectivity index (χ4n) is 1.79. The second kappa shape index (κ2) is 7.13. The first-order valence-electron chi connectivity index (χ1n) is 6.93. The summed E-state index contributed by atoms with van der Waals surface area (Å²) in [5.41, 5.74) is 7.49. The van der Waals surface area contributed by atoms with Crippen molar-refractivity contribution in [1.82, 2.24) is 9.97 Å². The maximum Gasteiger partial charge on any atom is 0.159 e. The van der Waals surface area contributed by atoms with Crippen LogP contribution in [0, 0.1) is 5.92 Å². The van der Waals surface area contributed by atoms with Crippen molar-refractivity contribution < 1.29 is 0 Å². The summed E-state index contributed by atoms with van der Waals surface area (Å²) in [6.45, 7) is 5.19. The second-order valence-corrected chi connectivity index (χ2v) is 5.66. The van der Waals surface area contributed by atoms with Gasteiger partial charge in [-0.05, 0) is 36.6 Å². The molecule has 1 aromatic heterocycles. The Morgan fingerprint density at radius 2 is 1.81 bits per heavy atom. The number of anilines is 4. The molecule has 0 saturated heterocycles. The third-order valence-electron chi connectivity index (χ3n) is 3.01. The van der Waals surface area contributed by atoms with E-state index >= 15 is 0 Å². The van der Waals surface area contributed by atoms with Crippen LogP contribution in [-0.4, -0.2) is 16.5 Å². The molecular formula is C15H20ClN5. The predicted molar refractivity (Wildman–Crippen MR) is 89.1 cm³/mol. The Morgan fingerprint density at radius 1 is 1.14 bits per heavy atom. The lowest BCUT2D eigenvalue weighted by Crippen LogP contribution is -2.10. The lowest BCUT2D eigenvalue weighted by atomic mass is 10.1. The molecule has 0 aliphatic carbocycles. The zero-order valence-corrected chi connectivity index (χ0v) is 13.0. The molecule has 0 atom stereocenters. The monoisotopic (exact) mass is 305 g/mol. The molecule has 21 heavy (non-hydrogen) atoms. The summed E-state index contributed by atoms with van der Waals surface area (Å²) >= 11 is 5.87. The van der Waals surface area contributed by atoms with Crippen LogP contribution in [0.15, 0.2) is 30.6 Å². The van der Waals surface area contributed by atoms with Gasteiger partial charge in [0.2, 0.25) is 0 Å². The maximum atomic E-state index is 6.10. The molecular weight excluding hydrogens is 286 g/mol. The first-order chi connectivity index (χ1) is 10.1. The zero-order valence-electron chi connectivity index (χ0n) is 12.2. The standard InChI is InChI=1S/C15H20ClN5/c1-10(2)7-8-18-14-13(17)15(20-9-19-14)21-12-5-3-11(16)4-6-12/h3-6,9-10H,7-8,17H2,1-2H3,(H2,18,19,20,21). The first kappa shape index (κ1) is 15.4. The number of halogens is 1. The van der Waals surface area contributed by atoms with E-state index in [0.717, 1.165) is 18.7 Å². The fraction of sp³-hybridized carbons (Fsp3) is 0.333. The van der Waals surface area contributed by atoms with E-state index < -0.39 is 0 Å². The SMILES string of the molecule is CC(C)CCNc1ncnc(Nc2ccc(Cl)cc2)c1N. The number of hydrogen-bond donors (Lipinski definition) is 3. The second-order valence-electron chi connectivity index (χ2n) is 5.23. The number of nitrogens with zero attached hydrogens (tertiary/aromatic N) is 2. The summed E-state index contributed by atoms with van der Waals surface area (Å²) in [4.78, 5) is 8.36. The van der Waals surface area contributed by atoms with Crippen LogP contribution in [0.25, 0.3) is 0 Å². The third kappa shape index (κ3) is 4.49. The average Bonchev–Trinajstić information content (AvgIpc) is 2.45. The Hall–Kier alpha value is -2.01. The zero-order chi connectivity index (χ0) is 15.2. The van der Waals surface area contributed by atoms with E-state index in [4.69, 9.17) is 17.3 Å². The molecule has 1 aromatic carbocycles. The van der Waals surface area contributed by atoms with Gasteiger partial charge in [-0.25, -0.2) is 9.97 Å². The minimum atomic E-state index is 0.510. The van der Waals surface area contributed by atoms with Crippen LogP contribution in [-0.2, 0) is 0 Å². The first-order valence-corrected chi connectivity index (χ1v) is 7.31. The molecule has 4 N–H and O–H groups in total. The van der Waals surface area contributed by atoms with Gasteiger partial charge in [-0.3, -0.25) is 0 Å². The Bertz CT molecular complexity index is 583. The van der Waals surface area contributed by atoms with Crippen LogP contribution in [0.4, 0.5) is 23.0 Å². The summed E-state index contributed by atoms with van der Waals surface area (Å²) in [7, 11) is 0. The highest BCUT2D eigenvalue weighted by atomic mass is 35.5. The largest absolute Gasteiger partial charge is 0.393 e. The van der Waals surface area contributed by atoms with Gasteiger partial charge in [0.25, 0.3) is 0 Å². The Balaban J connectivity index is 2.08. The minimum absolute atomic E-state index is 0.510. The highest BCUT2D eigenvalue weighted by molar-refractivity contribution is 6.30. The van der Waals surface area contributed by atoms with E-state index in [0.29, 0.717) is 28.3 Å². The van der Waals surface area contributed by atoms with Crippen molar-refractivity contribution >= 4 is 34.6 Å². The van der Waals surface area contributed by atoms with Crippen LogP contribution in [0.5, 0.6) is 0 Å². The van der Waals surface area contributed by atoms with Gasteiger partial charge in [-0.15, -0.1) is 0 Å². The molecule has 0 aliphatic heterocycles. The van der Waals surface area contributed by atoms with Gasteiger partial charge >= 0.3 is 0 Å². The quantitative estimate of drug-likeness (QED) is 0.754. The summed E-state index contributed by atoms with van der Waals surface area (Å²) in [6.07, 6.45) is 2.55. The number of hydrogen-bond acceptors (Lipinski definition) is 5. The molecule has 0 fully saturated rings. The Labute approximate surface area is 129 Å². The van der Waals surface area contributed by atoms with Crippen LogP contribution in [0.2, 0.25) is 5.02 Å². The van der Waals surface area contributed by atoms with Gasteiger partial charge in [-0.2, -0.15) is 0 Å². The van der Waals surface area contributed by atoms with Crippen LogP contribution >= 0.6 is 11.6 Å². The summed E-state index contributed by atoms with van der Waals surface area (Å²) in [6, 6.07) is 7.36. The highest BCUT2D eigenvalue weighted by Gasteiger charge is 2.08. The smallest absolute Gasteiger partial charge is 0.159 e. The van der Waals surface area contributed by atoms with Gasteiger partial charge < -0.3 is 16.4 Å². The van der Waals surface area contributed by atoms with E-state index in [1.54, 1.807) is 0 Å². The lowest BCUT2D eigenvalue weighted by Gasteiger charge is -2.13. The van der Waals surface area contributed by atoms with Gasteiger partial charge in [0.15, 0.2) is 11.6 Å². The van der Waals surface area contributed by atoms with Crippen molar-refractivity contribution in [3.05, 3.63) is 35.6 Å². The molecule has 2 aromatic rings. The molecule has 1 heterocycles. The van der Waals surface area contributed by atoms with Gasteiger partial charge in [0.1, 0.15) is 12.0 Å². The van der Waals surface area contributed by atoms with Crippen molar-refractivity contribution in [2.75, 3.05) is 22.9 Å². The van der Waals surface area contributed by atoms with E-state index in [9.17, 15) is 0 Å². The third-order valence-corrected chi connectivity index (χ3v) is 3.26. The molecule has 0 amide bonds. The molecule has 0 saturated carbocycles. The number of nitrogens with two attached hydrogens (primary N) is 1. The fourth-order valence-corrected chi connectivity index (χ4v) is 1.91. The Kier molecular flexibility index (Phi) is 5.22. The summed E-state index contributed by atoms with van der Waals surface area (Å²) in [5.74, 6) is 1.87. The van der Waals surface area contributed by atoms with Gasteiger partial charge in [-0.1, -0.05) is 25.4 Å². The molecule has 0 spiro atoms. The number of nitrogens with one attached hydrogen (secondary N) is 2. The van der Waals surface area contributed by atoms with E-state index in [1.807, 2.05) is 24.3 Å². The number of aromatic nitrogens is 2. The average molecular weight is 306 g/mol. The number of nitrogen functional groups attached to an aromatic ring is 1. The van der Waals surface area contributed by atoms with Crippen LogP contribution in [0.1, 0.15) is 20.3 Å². The van der Waals surface area contributed by atoms with Gasteiger partial charge in [0.05, 0.1) is 0 Å².